The number of anilines is 1. The number of rotatable bonds is 8. The van der Waals surface area contributed by atoms with E-state index in [2.05, 4.69) is 15.9 Å². The number of primary amides is 1. The predicted molar refractivity (Wildman–Crippen MR) is 102 cm³/mol. The second kappa shape index (κ2) is 9.32. The van der Waals surface area contributed by atoms with Crippen LogP contribution in [-0.2, 0) is 16.1 Å². The molecule has 9 heteroatoms. The molecule has 0 bridgehead atoms. The number of ether oxygens (including phenoxy) is 1. The van der Waals surface area contributed by atoms with E-state index in [1.807, 2.05) is 0 Å². The SMILES string of the molecule is C/C(=C/C(OCc1ccc(F)cc1F)=C(\C)Br)N(C=O)c1ccc(C(N)=O)o1. The smallest absolute Gasteiger partial charge is 0.284 e. The number of hydrogen-bond acceptors (Lipinski definition) is 4. The first-order valence-electron chi connectivity index (χ1n) is 7.98. The van der Waals surface area contributed by atoms with Gasteiger partial charge < -0.3 is 14.9 Å². The second-order valence-electron chi connectivity index (χ2n) is 5.69. The van der Waals surface area contributed by atoms with Crippen molar-refractivity contribution >= 4 is 34.1 Å². The molecule has 0 fully saturated rings. The maximum absolute atomic E-state index is 13.8. The first kappa shape index (κ1) is 21.4. The number of hydrogen-bond donors (Lipinski definition) is 1. The van der Waals surface area contributed by atoms with E-state index in [1.54, 1.807) is 13.8 Å². The molecule has 0 unspecified atom stereocenters. The Bertz CT molecular complexity index is 949. The Morgan fingerprint density at radius 3 is 2.54 bits per heavy atom. The largest absolute Gasteiger partial charge is 0.488 e. The maximum Gasteiger partial charge on any atom is 0.284 e. The Labute approximate surface area is 168 Å². The van der Waals surface area contributed by atoms with E-state index in [1.165, 1.54) is 24.3 Å². The van der Waals surface area contributed by atoms with Gasteiger partial charge in [0.25, 0.3) is 5.91 Å². The van der Waals surface area contributed by atoms with Gasteiger partial charge in [-0.3, -0.25) is 14.5 Å². The monoisotopic (exact) mass is 454 g/mol. The first-order valence-corrected chi connectivity index (χ1v) is 8.77. The zero-order chi connectivity index (χ0) is 20.8. The molecule has 28 heavy (non-hydrogen) atoms. The number of allylic oxidation sites excluding steroid dienone is 3. The van der Waals surface area contributed by atoms with Crippen LogP contribution in [0.4, 0.5) is 14.7 Å². The van der Waals surface area contributed by atoms with Gasteiger partial charge in [-0.15, -0.1) is 0 Å². The third kappa shape index (κ3) is 5.29. The fourth-order valence-corrected chi connectivity index (χ4v) is 2.42. The predicted octanol–water partition coefficient (Wildman–Crippen LogP) is 4.37. The highest BCUT2D eigenvalue weighted by Gasteiger charge is 2.16. The molecule has 6 nitrogen and oxygen atoms in total. The van der Waals surface area contributed by atoms with Gasteiger partial charge in [-0.1, -0.05) is 15.9 Å². The quantitative estimate of drug-likeness (QED) is 0.364. The minimum absolute atomic E-state index is 0.0914. The van der Waals surface area contributed by atoms with Gasteiger partial charge in [-0.2, -0.15) is 0 Å². The summed E-state index contributed by atoms with van der Waals surface area (Å²) >= 11 is 3.29. The lowest BCUT2D eigenvalue weighted by atomic mass is 10.2. The summed E-state index contributed by atoms with van der Waals surface area (Å²) in [5.74, 6) is -1.86. The summed E-state index contributed by atoms with van der Waals surface area (Å²) in [5.41, 5.74) is 5.71. The van der Waals surface area contributed by atoms with Gasteiger partial charge in [0, 0.05) is 34.0 Å². The van der Waals surface area contributed by atoms with E-state index in [0.717, 1.165) is 17.0 Å². The van der Waals surface area contributed by atoms with Crippen molar-refractivity contribution in [2.24, 2.45) is 5.73 Å². The summed E-state index contributed by atoms with van der Waals surface area (Å²) in [4.78, 5) is 23.8. The maximum atomic E-state index is 13.8. The summed E-state index contributed by atoms with van der Waals surface area (Å²) in [6.07, 6.45) is 2.02. The Morgan fingerprint density at radius 2 is 2.00 bits per heavy atom. The standard InChI is InChI=1S/C19H17BrF2N2O4/c1-11(24(10-25)18-6-5-16(28-18)19(23)26)7-17(12(2)20)27-9-13-3-4-14(21)8-15(13)22/h3-8,10H,9H2,1-2H3,(H2,23,26)/b11-7-,17-12-. The number of nitrogens with two attached hydrogens (primary N) is 1. The first-order chi connectivity index (χ1) is 13.2. The molecule has 2 aromatic rings. The fourth-order valence-electron chi connectivity index (χ4n) is 2.19. The summed E-state index contributed by atoms with van der Waals surface area (Å²) in [6, 6.07) is 5.96. The van der Waals surface area contributed by atoms with E-state index in [9.17, 15) is 18.4 Å². The van der Waals surface area contributed by atoms with Crippen molar-refractivity contribution in [1.29, 1.82) is 0 Å². The number of carbonyl (C=O) groups excluding carboxylic acids is 2. The van der Waals surface area contributed by atoms with Gasteiger partial charge in [-0.05, 0) is 32.0 Å². The average molecular weight is 455 g/mol. The van der Waals surface area contributed by atoms with Crippen LogP contribution in [0.3, 0.4) is 0 Å². The summed E-state index contributed by atoms with van der Waals surface area (Å²) in [5, 5.41) is 0. The molecule has 1 heterocycles. The minimum atomic E-state index is -0.764. The van der Waals surface area contributed by atoms with Crippen molar-refractivity contribution in [3.8, 4) is 0 Å². The van der Waals surface area contributed by atoms with Crippen molar-refractivity contribution < 1.29 is 27.5 Å². The molecule has 1 aromatic heterocycles. The normalized spacial score (nSPS) is 12.4. The van der Waals surface area contributed by atoms with Crippen LogP contribution in [0.2, 0.25) is 0 Å². The third-order valence-electron chi connectivity index (χ3n) is 3.64. The number of nitrogens with zero attached hydrogens (tertiary/aromatic N) is 1. The molecule has 2 N–H and O–H groups in total. The van der Waals surface area contributed by atoms with Crippen molar-refractivity contribution in [1.82, 2.24) is 0 Å². The molecule has 0 aliphatic rings. The van der Waals surface area contributed by atoms with E-state index >= 15 is 0 Å². The molecule has 1 aromatic carbocycles. The lowest BCUT2D eigenvalue weighted by Crippen LogP contribution is -2.18. The van der Waals surface area contributed by atoms with E-state index in [0.29, 0.717) is 22.3 Å². The summed E-state index contributed by atoms with van der Waals surface area (Å²) in [6.45, 7) is 3.16. The van der Waals surface area contributed by atoms with E-state index in [4.69, 9.17) is 14.9 Å². The fraction of sp³-hybridized carbons (Fsp3) is 0.158. The van der Waals surface area contributed by atoms with E-state index in [-0.39, 0.29) is 23.8 Å². The molecule has 0 saturated heterocycles. The minimum Gasteiger partial charge on any atom is -0.488 e. The number of benzene rings is 1. The molecule has 0 spiro atoms. The number of carbonyl (C=O) groups is 2. The zero-order valence-electron chi connectivity index (χ0n) is 15.0. The van der Waals surface area contributed by atoms with Gasteiger partial charge in [0.15, 0.2) is 5.76 Å². The van der Waals surface area contributed by atoms with Gasteiger partial charge in [0.1, 0.15) is 24.0 Å². The molecular formula is C19H17BrF2N2O4. The van der Waals surface area contributed by atoms with E-state index < -0.39 is 17.5 Å². The molecule has 0 aliphatic carbocycles. The molecule has 0 saturated carbocycles. The zero-order valence-corrected chi connectivity index (χ0v) is 16.6. The second-order valence-corrected chi connectivity index (χ2v) is 6.87. The van der Waals surface area contributed by atoms with Gasteiger partial charge in [0.05, 0.1) is 0 Å². The number of halogens is 3. The lowest BCUT2D eigenvalue weighted by Gasteiger charge is -2.16. The molecule has 0 aliphatic heterocycles. The van der Waals surface area contributed by atoms with Gasteiger partial charge in [-0.25, -0.2) is 8.78 Å². The molecule has 0 atom stereocenters. The van der Waals surface area contributed by atoms with Crippen molar-refractivity contribution in [3.63, 3.8) is 0 Å². The van der Waals surface area contributed by atoms with Gasteiger partial charge >= 0.3 is 0 Å². The Balaban J connectivity index is 2.22. The molecule has 2 amide bonds. The van der Waals surface area contributed by atoms with Crippen LogP contribution in [-0.4, -0.2) is 12.3 Å². The van der Waals surface area contributed by atoms with Crippen LogP contribution >= 0.6 is 15.9 Å². The molecule has 0 radical (unpaired) electrons. The highest BCUT2D eigenvalue weighted by atomic mass is 79.9. The van der Waals surface area contributed by atoms with Crippen LogP contribution in [0.5, 0.6) is 0 Å². The van der Waals surface area contributed by atoms with Gasteiger partial charge in [0.2, 0.25) is 12.3 Å². The van der Waals surface area contributed by atoms with Crippen LogP contribution in [0.25, 0.3) is 0 Å². The Kier molecular flexibility index (Phi) is 7.11. The average Bonchev–Trinajstić information content (AvgIpc) is 3.10. The third-order valence-corrected chi connectivity index (χ3v) is 4.03. The molecule has 2 rings (SSSR count). The summed E-state index contributed by atoms with van der Waals surface area (Å²) in [7, 11) is 0. The highest BCUT2D eigenvalue weighted by Crippen LogP contribution is 2.24. The van der Waals surface area contributed by atoms with Crippen molar-refractivity contribution in [2.45, 2.75) is 20.5 Å². The Morgan fingerprint density at radius 1 is 1.29 bits per heavy atom. The number of amides is 2. The molecular weight excluding hydrogens is 438 g/mol. The van der Waals surface area contributed by atoms with Crippen LogP contribution < -0.4 is 10.6 Å². The van der Waals surface area contributed by atoms with Crippen LogP contribution in [0, 0.1) is 11.6 Å². The van der Waals surface area contributed by atoms with Crippen LogP contribution in [0.15, 0.2) is 56.8 Å². The Hall–Kier alpha value is -2.94. The summed E-state index contributed by atoms with van der Waals surface area (Å²) < 4.78 is 38.2. The number of furan rings is 1. The van der Waals surface area contributed by atoms with Crippen molar-refractivity contribution in [2.75, 3.05) is 4.90 Å². The van der Waals surface area contributed by atoms with Crippen LogP contribution in [0.1, 0.15) is 30.0 Å². The molecule has 148 valence electrons. The lowest BCUT2D eigenvalue weighted by molar-refractivity contribution is -0.107. The highest BCUT2D eigenvalue weighted by molar-refractivity contribution is 9.11. The van der Waals surface area contributed by atoms with Crippen molar-refractivity contribution in [3.05, 3.63) is 75.3 Å². The topological polar surface area (TPSA) is 85.8 Å².